The summed E-state index contributed by atoms with van der Waals surface area (Å²) < 4.78 is 48.5. The van der Waals surface area contributed by atoms with Crippen LogP contribution in [0.15, 0.2) is 30.7 Å². The third kappa shape index (κ3) is 4.64. The normalized spacial score (nSPS) is 12.8. The lowest BCUT2D eigenvalue weighted by atomic mass is 10.1. The van der Waals surface area contributed by atoms with Gasteiger partial charge in [0.25, 0.3) is 0 Å². The summed E-state index contributed by atoms with van der Waals surface area (Å²) in [6, 6.07) is 2.98. The SMILES string of the molecule is CCOC(=O)c1nccc2nn(C(C)c3cc(C)c(OCC(F)(F)F)cn3)cc12. The molecule has 154 valence electrons. The van der Waals surface area contributed by atoms with Crippen LogP contribution in [0.5, 0.6) is 5.75 Å². The summed E-state index contributed by atoms with van der Waals surface area (Å²) in [4.78, 5) is 20.4. The summed E-state index contributed by atoms with van der Waals surface area (Å²) in [6.07, 6.45) is -0.00391. The van der Waals surface area contributed by atoms with Gasteiger partial charge in [0, 0.05) is 12.4 Å². The monoisotopic (exact) mass is 408 g/mol. The van der Waals surface area contributed by atoms with Gasteiger partial charge >= 0.3 is 12.1 Å². The first-order valence-electron chi connectivity index (χ1n) is 8.86. The number of aryl methyl sites for hydroxylation is 1. The van der Waals surface area contributed by atoms with Gasteiger partial charge in [-0.2, -0.15) is 18.3 Å². The van der Waals surface area contributed by atoms with Gasteiger partial charge in [-0.25, -0.2) is 9.78 Å². The van der Waals surface area contributed by atoms with Gasteiger partial charge in [-0.3, -0.25) is 9.67 Å². The molecule has 0 aliphatic carbocycles. The second-order valence-corrected chi connectivity index (χ2v) is 6.38. The Bertz CT molecular complexity index is 1030. The molecule has 0 amide bonds. The Morgan fingerprint density at radius 3 is 2.72 bits per heavy atom. The minimum absolute atomic E-state index is 0.0673. The maximum atomic E-state index is 12.3. The molecule has 3 heterocycles. The van der Waals surface area contributed by atoms with E-state index in [1.54, 1.807) is 36.9 Å². The Hall–Kier alpha value is -3.17. The Labute approximate surface area is 164 Å². The first kappa shape index (κ1) is 20.6. The molecule has 0 aliphatic rings. The van der Waals surface area contributed by atoms with E-state index in [0.717, 1.165) is 0 Å². The highest BCUT2D eigenvalue weighted by Crippen LogP contribution is 2.26. The molecule has 0 saturated carbocycles. The van der Waals surface area contributed by atoms with E-state index >= 15 is 0 Å². The smallest absolute Gasteiger partial charge is 0.422 e. The van der Waals surface area contributed by atoms with E-state index in [9.17, 15) is 18.0 Å². The van der Waals surface area contributed by atoms with E-state index in [0.29, 0.717) is 22.2 Å². The molecule has 1 unspecified atom stereocenters. The van der Waals surface area contributed by atoms with Gasteiger partial charge < -0.3 is 9.47 Å². The first-order valence-corrected chi connectivity index (χ1v) is 8.86. The summed E-state index contributed by atoms with van der Waals surface area (Å²) in [5.41, 5.74) is 1.84. The van der Waals surface area contributed by atoms with E-state index in [-0.39, 0.29) is 24.1 Å². The fourth-order valence-corrected chi connectivity index (χ4v) is 2.76. The molecule has 0 spiro atoms. The van der Waals surface area contributed by atoms with Crippen LogP contribution in [-0.4, -0.2) is 45.1 Å². The Balaban J connectivity index is 1.87. The van der Waals surface area contributed by atoms with E-state index < -0.39 is 18.8 Å². The highest BCUT2D eigenvalue weighted by Gasteiger charge is 2.29. The molecule has 0 aliphatic heterocycles. The largest absolute Gasteiger partial charge is 0.482 e. The molecule has 29 heavy (non-hydrogen) atoms. The number of aromatic nitrogens is 4. The number of nitrogens with zero attached hydrogens (tertiary/aromatic N) is 4. The molecule has 10 heteroatoms. The molecule has 0 N–H and O–H groups in total. The average molecular weight is 408 g/mol. The zero-order valence-corrected chi connectivity index (χ0v) is 16.0. The number of alkyl halides is 3. The molecule has 7 nitrogen and oxygen atoms in total. The number of carbonyl (C=O) groups is 1. The summed E-state index contributed by atoms with van der Waals surface area (Å²) in [7, 11) is 0. The number of rotatable bonds is 6. The van der Waals surface area contributed by atoms with Crippen LogP contribution < -0.4 is 4.74 Å². The van der Waals surface area contributed by atoms with Gasteiger partial charge in [0.15, 0.2) is 12.3 Å². The molecule has 0 aromatic carbocycles. The van der Waals surface area contributed by atoms with Gasteiger partial charge in [0.05, 0.1) is 35.4 Å². The lowest BCUT2D eigenvalue weighted by molar-refractivity contribution is -0.153. The minimum Gasteiger partial charge on any atom is -0.482 e. The lowest BCUT2D eigenvalue weighted by Gasteiger charge is -2.15. The topological polar surface area (TPSA) is 79.1 Å². The molecule has 0 radical (unpaired) electrons. The van der Waals surface area contributed by atoms with Gasteiger partial charge in [0.2, 0.25) is 0 Å². The van der Waals surface area contributed by atoms with Crippen molar-refractivity contribution in [1.29, 1.82) is 0 Å². The van der Waals surface area contributed by atoms with Crippen LogP contribution in [0, 0.1) is 6.92 Å². The third-order valence-corrected chi connectivity index (χ3v) is 4.22. The zero-order valence-electron chi connectivity index (χ0n) is 16.0. The molecule has 3 rings (SSSR count). The van der Waals surface area contributed by atoms with Crippen molar-refractivity contribution >= 4 is 16.9 Å². The van der Waals surface area contributed by atoms with Crippen molar-refractivity contribution in [1.82, 2.24) is 19.7 Å². The lowest BCUT2D eigenvalue weighted by Crippen LogP contribution is -2.19. The van der Waals surface area contributed by atoms with Gasteiger partial charge in [-0.05, 0) is 38.5 Å². The third-order valence-electron chi connectivity index (χ3n) is 4.22. The highest BCUT2D eigenvalue weighted by molar-refractivity contribution is 6.01. The molecule has 0 saturated heterocycles. The van der Waals surface area contributed by atoms with E-state index in [4.69, 9.17) is 9.47 Å². The summed E-state index contributed by atoms with van der Waals surface area (Å²) in [6.45, 7) is 4.04. The molecule has 3 aromatic heterocycles. The van der Waals surface area contributed by atoms with Crippen LogP contribution in [0.2, 0.25) is 0 Å². The fourth-order valence-electron chi connectivity index (χ4n) is 2.76. The van der Waals surface area contributed by atoms with Crippen molar-refractivity contribution in [2.45, 2.75) is 33.0 Å². The summed E-state index contributed by atoms with van der Waals surface area (Å²) in [5.74, 6) is -0.469. The maximum absolute atomic E-state index is 12.3. The van der Waals surface area contributed by atoms with E-state index in [1.807, 2.05) is 6.92 Å². The van der Waals surface area contributed by atoms with Gasteiger partial charge in [-0.1, -0.05) is 0 Å². The van der Waals surface area contributed by atoms with Crippen molar-refractivity contribution in [2.24, 2.45) is 0 Å². The van der Waals surface area contributed by atoms with E-state index in [1.165, 1.54) is 12.4 Å². The quantitative estimate of drug-likeness (QED) is 0.577. The predicted molar refractivity (Wildman–Crippen MR) is 97.8 cm³/mol. The van der Waals surface area contributed by atoms with Crippen molar-refractivity contribution < 1.29 is 27.4 Å². The number of hydrogen-bond donors (Lipinski definition) is 0. The summed E-state index contributed by atoms with van der Waals surface area (Å²) in [5, 5.41) is 5.00. The van der Waals surface area contributed by atoms with Crippen molar-refractivity contribution in [2.75, 3.05) is 13.2 Å². The van der Waals surface area contributed by atoms with Crippen LogP contribution >= 0.6 is 0 Å². The second kappa shape index (κ2) is 8.06. The van der Waals surface area contributed by atoms with Crippen LogP contribution in [0.1, 0.15) is 41.6 Å². The van der Waals surface area contributed by atoms with Gasteiger partial charge in [0.1, 0.15) is 5.75 Å². The fraction of sp³-hybridized carbons (Fsp3) is 0.368. The number of esters is 1. The Morgan fingerprint density at radius 2 is 2.07 bits per heavy atom. The van der Waals surface area contributed by atoms with E-state index in [2.05, 4.69) is 15.1 Å². The standard InChI is InChI=1S/C19H19F3N4O3/c1-4-28-18(27)17-13-9-26(25-14(13)5-6-23-17)12(3)15-7-11(2)16(8-24-15)29-10-19(20,21)22/h5-9,12H,4,10H2,1-3H3. The highest BCUT2D eigenvalue weighted by atomic mass is 19.4. The minimum atomic E-state index is -4.42. The van der Waals surface area contributed by atoms with Gasteiger partial charge in [-0.15, -0.1) is 0 Å². The molecule has 0 bridgehead atoms. The predicted octanol–water partition coefficient (Wildman–Crippen LogP) is 3.86. The number of fused-ring (bicyclic) bond motifs is 1. The Morgan fingerprint density at radius 1 is 1.31 bits per heavy atom. The van der Waals surface area contributed by atoms with Crippen molar-refractivity contribution in [3.63, 3.8) is 0 Å². The number of halogens is 3. The molecular weight excluding hydrogens is 389 g/mol. The van der Waals surface area contributed by atoms with Crippen LogP contribution in [0.25, 0.3) is 10.9 Å². The van der Waals surface area contributed by atoms with Crippen molar-refractivity contribution in [3.8, 4) is 5.75 Å². The second-order valence-electron chi connectivity index (χ2n) is 6.38. The molecular formula is C19H19F3N4O3. The number of hydrogen-bond acceptors (Lipinski definition) is 6. The molecule has 0 fully saturated rings. The number of pyridine rings is 2. The Kier molecular flexibility index (Phi) is 5.71. The van der Waals surface area contributed by atoms with Crippen LogP contribution in [0.4, 0.5) is 13.2 Å². The molecule has 1 atom stereocenters. The molecule has 3 aromatic rings. The zero-order chi connectivity index (χ0) is 21.2. The van der Waals surface area contributed by atoms with Crippen molar-refractivity contribution in [3.05, 3.63) is 47.7 Å². The summed E-state index contributed by atoms with van der Waals surface area (Å²) >= 11 is 0. The number of carbonyl (C=O) groups excluding carboxylic acids is 1. The van der Waals surface area contributed by atoms with Crippen LogP contribution in [-0.2, 0) is 4.74 Å². The number of ether oxygens (including phenoxy) is 2. The maximum Gasteiger partial charge on any atom is 0.422 e. The average Bonchev–Trinajstić information content (AvgIpc) is 3.10. The first-order chi connectivity index (χ1) is 13.7. The van der Waals surface area contributed by atoms with Crippen LogP contribution in [0.3, 0.4) is 0 Å².